The minimum atomic E-state index is 0.00853. The van der Waals surface area contributed by atoms with Gasteiger partial charge in [0.15, 0.2) is 0 Å². The number of hydrogen-bond acceptors (Lipinski definition) is 2. The van der Waals surface area contributed by atoms with Gasteiger partial charge in [-0.2, -0.15) is 0 Å². The fraction of sp³-hybridized carbons (Fsp3) is 0.929. The molecule has 0 spiro atoms. The Bertz CT molecular complexity index is 299. The lowest BCUT2D eigenvalue weighted by Crippen LogP contribution is -2.47. The van der Waals surface area contributed by atoms with E-state index in [0.717, 1.165) is 45.2 Å². The van der Waals surface area contributed by atoms with E-state index >= 15 is 0 Å². The van der Waals surface area contributed by atoms with Crippen LogP contribution in [0.4, 0.5) is 0 Å². The first-order valence-electron chi connectivity index (χ1n) is 7.05. The molecule has 3 heteroatoms. The molecule has 1 aliphatic carbocycles. The molecule has 0 radical (unpaired) electrons. The molecule has 1 saturated heterocycles. The monoisotopic (exact) mass is 238 g/mol. The quantitative estimate of drug-likeness (QED) is 0.815. The molecule has 1 atom stereocenters. The molecule has 1 heterocycles. The highest BCUT2D eigenvalue weighted by Crippen LogP contribution is 2.47. The lowest BCUT2D eigenvalue weighted by Gasteiger charge is -2.43. The van der Waals surface area contributed by atoms with Crippen LogP contribution in [0.3, 0.4) is 0 Å². The van der Waals surface area contributed by atoms with Crippen molar-refractivity contribution in [3.63, 3.8) is 0 Å². The largest absolute Gasteiger partial charge is 0.342 e. The van der Waals surface area contributed by atoms with Crippen LogP contribution in [0.1, 0.15) is 52.4 Å². The van der Waals surface area contributed by atoms with Gasteiger partial charge in [0.05, 0.1) is 0 Å². The summed E-state index contributed by atoms with van der Waals surface area (Å²) in [5, 5.41) is 0. The third kappa shape index (κ3) is 2.22. The minimum Gasteiger partial charge on any atom is -0.342 e. The molecule has 98 valence electrons. The number of carbonyl (C=O) groups is 1. The fourth-order valence-corrected chi connectivity index (χ4v) is 3.35. The normalized spacial score (nSPS) is 31.4. The Morgan fingerprint density at radius 1 is 1.35 bits per heavy atom. The molecular formula is C14H26N2O. The third-order valence-corrected chi connectivity index (χ3v) is 4.83. The van der Waals surface area contributed by atoms with Gasteiger partial charge in [0.1, 0.15) is 0 Å². The van der Waals surface area contributed by atoms with Gasteiger partial charge in [-0.1, -0.05) is 26.7 Å². The van der Waals surface area contributed by atoms with Gasteiger partial charge < -0.3 is 10.6 Å². The van der Waals surface area contributed by atoms with E-state index in [1.54, 1.807) is 0 Å². The first-order valence-corrected chi connectivity index (χ1v) is 7.05. The third-order valence-electron chi connectivity index (χ3n) is 4.83. The highest BCUT2D eigenvalue weighted by Gasteiger charge is 2.47. The summed E-state index contributed by atoms with van der Waals surface area (Å²) in [4.78, 5) is 14.7. The summed E-state index contributed by atoms with van der Waals surface area (Å²) in [7, 11) is 0. The van der Waals surface area contributed by atoms with E-state index < -0.39 is 0 Å². The van der Waals surface area contributed by atoms with Gasteiger partial charge in [-0.05, 0) is 37.6 Å². The molecule has 1 unspecified atom stereocenters. The van der Waals surface area contributed by atoms with Crippen molar-refractivity contribution >= 4 is 5.91 Å². The van der Waals surface area contributed by atoms with Crippen molar-refractivity contribution in [3.8, 4) is 0 Å². The molecule has 0 aromatic carbocycles. The average molecular weight is 238 g/mol. The Morgan fingerprint density at radius 3 is 2.47 bits per heavy atom. The van der Waals surface area contributed by atoms with Crippen LogP contribution >= 0.6 is 0 Å². The molecule has 0 aromatic rings. The average Bonchev–Trinajstić information content (AvgIpc) is 2.66. The Balaban J connectivity index is 2.01. The summed E-state index contributed by atoms with van der Waals surface area (Å²) in [5.41, 5.74) is 5.97. The van der Waals surface area contributed by atoms with E-state index in [4.69, 9.17) is 5.73 Å². The van der Waals surface area contributed by atoms with E-state index in [2.05, 4.69) is 18.7 Å². The maximum atomic E-state index is 12.6. The number of rotatable bonds is 4. The Hall–Kier alpha value is -0.570. The van der Waals surface area contributed by atoms with Crippen molar-refractivity contribution < 1.29 is 4.79 Å². The summed E-state index contributed by atoms with van der Waals surface area (Å²) < 4.78 is 0. The van der Waals surface area contributed by atoms with Crippen molar-refractivity contribution in [3.05, 3.63) is 0 Å². The number of amides is 1. The summed E-state index contributed by atoms with van der Waals surface area (Å²) >= 11 is 0. The maximum Gasteiger partial charge on any atom is 0.228 e. The van der Waals surface area contributed by atoms with Gasteiger partial charge in [0.25, 0.3) is 0 Å². The SMILES string of the molecule is CCCC1(C(=O)N2CCC(C)(CN)C2)CCC1. The predicted molar refractivity (Wildman–Crippen MR) is 69.6 cm³/mol. The number of nitrogens with two attached hydrogens (primary N) is 1. The second kappa shape index (κ2) is 4.60. The molecule has 2 aliphatic rings. The van der Waals surface area contributed by atoms with Crippen LogP contribution in [0.5, 0.6) is 0 Å². The van der Waals surface area contributed by atoms with E-state index in [9.17, 15) is 4.79 Å². The van der Waals surface area contributed by atoms with Crippen LogP contribution in [0, 0.1) is 10.8 Å². The van der Waals surface area contributed by atoms with Crippen LogP contribution in [0.2, 0.25) is 0 Å². The van der Waals surface area contributed by atoms with Crippen LogP contribution in [0.15, 0.2) is 0 Å². The zero-order valence-corrected chi connectivity index (χ0v) is 11.3. The van der Waals surface area contributed by atoms with Gasteiger partial charge in [-0.3, -0.25) is 4.79 Å². The zero-order valence-electron chi connectivity index (χ0n) is 11.3. The van der Waals surface area contributed by atoms with Gasteiger partial charge in [0, 0.05) is 18.5 Å². The number of hydrogen-bond donors (Lipinski definition) is 1. The highest BCUT2D eigenvalue weighted by atomic mass is 16.2. The topological polar surface area (TPSA) is 46.3 Å². The summed E-state index contributed by atoms with van der Waals surface area (Å²) in [6.45, 7) is 6.86. The molecular weight excluding hydrogens is 212 g/mol. The van der Waals surface area contributed by atoms with Gasteiger partial charge in [-0.15, -0.1) is 0 Å². The van der Waals surface area contributed by atoms with Crippen LogP contribution < -0.4 is 5.73 Å². The molecule has 3 nitrogen and oxygen atoms in total. The van der Waals surface area contributed by atoms with Crippen molar-refractivity contribution in [2.45, 2.75) is 52.4 Å². The van der Waals surface area contributed by atoms with Gasteiger partial charge in [0.2, 0.25) is 5.91 Å². The smallest absolute Gasteiger partial charge is 0.228 e. The Kier molecular flexibility index (Phi) is 3.48. The van der Waals surface area contributed by atoms with Crippen molar-refractivity contribution in [1.29, 1.82) is 0 Å². The molecule has 0 aromatic heterocycles. The van der Waals surface area contributed by atoms with Crippen LogP contribution in [-0.4, -0.2) is 30.4 Å². The first kappa shape index (κ1) is 12.9. The second-order valence-corrected chi connectivity index (χ2v) is 6.38. The molecule has 17 heavy (non-hydrogen) atoms. The molecule has 0 bridgehead atoms. The lowest BCUT2D eigenvalue weighted by molar-refractivity contribution is -0.147. The number of carbonyl (C=O) groups excluding carboxylic acids is 1. The van der Waals surface area contributed by atoms with Crippen LogP contribution in [-0.2, 0) is 4.79 Å². The van der Waals surface area contributed by atoms with E-state index in [-0.39, 0.29) is 10.8 Å². The predicted octanol–water partition coefficient (Wildman–Crippen LogP) is 2.15. The molecule has 1 saturated carbocycles. The van der Waals surface area contributed by atoms with Crippen LogP contribution in [0.25, 0.3) is 0 Å². The van der Waals surface area contributed by atoms with Gasteiger partial charge >= 0.3 is 0 Å². The highest BCUT2D eigenvalue weighted by molar-refractivity contribution is 5.84. The summed E-state index contributed by atoms with van der Waals surface area (Å²) in [5.74, 6) is 0.419. The zero-order chi connectivity index (χ0) is 12.5. The second-order valence-electron chi connectivity index (χ2n) is 6.38. The molecule has 1 aliphatic heterocycles. The molecule has 1 amide bonds. The summed E-state index contributed by atoms with van der Waals surface area (Å²) in [6, 6.07) is 0. The molecule has 2 fully saturated rings. The van der Waals surface area contributed by atoms with E-state index in [1.165, 1.54) is 6.42 Å². The lowest BCUT2D eigenvalue weighted by atomic mass is 9.65. The first-order chi connectivity index (χ1) is 8.05. The Labute approximate surface area is 105 Å². The van der Waals surface area contributed by atoms with Crippen molar-refractivity contribution in [2.75, 3.05) is 19.6 Å². The van der Waals surface area contributed by atoms with Gasteiger partial charge in [-0.25, -0.2) is 0 Å². The number of likely N-dealkylation sites (tertiary alicyclic amines) is 1. The Morgan fingerprint density at radius 2 is 2.06 bits per heavy atom. The van der Waals surface area contributed by atoms with Crippen molar-refractivity contribution in [2.24, 2.45) is 16.6 Å². The van der Waals surface area contributed by atoms with E-state index in [0.29, 0.717) is 12.5 Å². The standard InChI is InChI=1S/C14H26N2O/c1-3-5-14(6-4-7-14)12(17)16-9-8-13(2,10-15)11-16/h3-11,15H2,1-2H3. The maximum absolute atomic E-state index is 12.6. The minimum absolute atomic E-state index is 0.00853. The molecule has 2 rings (SSSR count). The number of nitrogens with zero attached hydrogens (tertiary/aromatic N) is 1. The van der Waals surface area contributed by atoms with Crippen molar-refractivity contribution in [1.82, 2.24) is 4.90 Å². The van der Waals surface area contributed by atoms with E-state index in [1.807, 2.05) is 0 Å². The fourth-order valence-electron chi connectivity index (χ4n) is 3.35. The summed E-state index contributed by atoms with van der Waals surface area (Å²) in [6.07, 6.45) is 6.70. The molecule has 2 N–H and O–H groups in total.